The Morgan fingerprint density at radius 1 is 1.38 bits per heavy atom. The van der Waals surface area contributed by atoms with Gasteiger partial charge in [-0.2, -0.15) is 0 Å². The van der Waals surface area contributed by atoms with E-state index in [1.165, 1.54) is 0 Å². The van der Waals surface area contributed by atoms with E-state index in [2.05, 4.69) is 5.32 Å². The summed E-state index contributed by atoms with van der Waals surface area (Å²) < 4.78 is 0. The average molecular weight is 339 g/mol. The molecule has 1 rings (SSSR count). The predicted molar refractivity (Wildman–Crippen MR) is 90.4 cm³/mol. The van der Waals surface area contributed by atoms with Crippen LogP contribution in [0.15, 0.2) is 12.2 Å². The Bertz CT molecular complexity index is 502. The first-order valence-corrected chi connectivity index (χ1v) is 8.69. The van der Waals surface area contributed by atoms with Crippen molar-refractivity contribution in [3.05, 3.63) is 12.2 Å². The molecule has 0 saturated heterocycles. The largest absolute Gasteiger partial charge is 0.480 e. The lowest BCUT2D eigenvalue weighted by Crippen LogP contribution is -2.47. The van der Waals surface area contributed by atoms with E-state index in [4.69, 9.17) is 0 Å². The minimum absolute atomic E-state index is 0.0393. The molecule has 0 radical (unpaired) electrons. The average Bonchev–Trinajstić information content (AvgIpc) is 2.80. The summed E-state index contributed by atoms with van der Waals surface area (Å²) in [6.07, 6.45) is 5.95. The topological polar surface area (TPSA) is 104 Å². The molecule has 24 heavy (non-hydrogen) atoms. The van der Waals surface area contributed by atoms with E-state index >= 15 is 0 Å². The van der Waals surface area contributed by atoms with Gasteiger partial charge in [0, 0.05) is 25.2 Å². The molecule has 136 valence electrons. The van der Waals surface area contributed by atoms with Crippen LogP contribution in [-0.4, -0.2) is 39.5 Å². The van der Waals surface area contributed by atoms with Gasteiger partial charge in [-0.15, -0.1) is 0 Å². The number of carboxylic acids is 1. The van der Waals surface area contributed by atoms with Crippen molar-refractivity contribution in [1.29, 1.82) is 0 Å². The molecule has 1 aliphatic carbocycles. The number of carboxylic acid groups (broad SMARTS) is 1. The van der Waals surface area contributed by atoms with Crippen LogP contribution in [0.25, 0.3) is 0 Å². The zero-order valence-electron chi connectivity index (χ0n) is 14.7. The lowest BCUT2D eigenvalue weighted by molar-refractivity contribution is -0.144. The van der Waals surface area contributed by atoms with E-state index < -0.39 is 29.4 Å². The van der Waals surface area contributed by atoms with Gasteiger partial charge in [-0.25, -0.2) is 4.79 Å². The van der Waals surface area contributed by atoms with E-state index in [-0.39, 0.29) is 31.0 Å². The molecule has 1 amide bonds. The van der Waals surface area contributed by atoms with Gasteiger partial charge in [0.1, 0.15) is 11.6 Å². The maximum Gasteiger partial charge on any atom is 0.326 e. The first-order chi connectivity index (χ1) is 11.3. The van der Waals surface area contributed by atoms with Crippen LogP contribution in [0.5, 0.6) is 0 Å². The summed E-state index contributed by atoms with van der Waals surface area (Å²) in [6, 6.07) is -0.951. The quantitative estimate of drug-likeness (QED) is 0.558. The number of aliphatic hydroxyl groups is 1. The molecule has 0 aromatic carbocycles. The summed E-state index contributed by atoms with van der Waals surface area (Å²) in [5.74, 6) is -2.40. The van der Waals surface area contributed by atoms with Gasteiger partial charge in [0.15, 0.2) is 5.78 Å². The van der Waals surface area contributed by atoms with Crippen molar-refractivity contribution >= 4 is 17.7 Å². The summed E-state index contributed by atoms with van der Waals surface area (Å²) >= 11 is 0. The van der Waals surface area contributed by atoms with Crippen LogP contribution in [0.1, 0.15) is 59.3 Å². The van der Waals surface area contributed by atoms with Gasteiger partial charge in [-0.05, 0) is 18.8 Å². The number of carbonyl (C=O) groups is 3. The molecule has 1 fully saturated rings. The number of amides is 1. The standard InChI is InChI=1S/C18H29NO5/c1-4-6-7-10-18(24)13(8-9-14(18)20)11-15(21)19-16(17(22)23)12(3)5-2/h6-7,12-13,16,24H,4-5,8-11H2,1-3H3,(H,19,21)(H,22,23)/b7-6+/t12-,13+,16-,18+/m0/s1. The Morgan fingerprint density at radius 3 is 2.58 bits per heavy atom. The number of ketones is 1. The molecule has 0 aromatic heterocycles. The van der Waals surface area contributed by atoms with Crippen molar-refractivity contribution in [2.75, 3.05) is 0 Å². The Morgan fingerprint density at radius 2 is 2.04 bits per heavy atom. The number of allylic oxidation sites excluding steroid dienone is 1. The SMILES string of the molecule is CC/C=C/C[C@]1(O)C(=O)CC[C@@H]1CC(=O)N[C@H](C(=O)O)[C@@H](C)CC. The van der Waals surface area contributed by atoms with Gasteiger partial charge in [0.05, 0.1) is 0 Å². The summed E-state index contributed by atoms with van der Waals surface area (Å²) in [7, 11) is 0. The smallest absolute Gasteiger partial charge is 0.326 e. The first kappa shape index (κ1) is 20.4. The second kappa shape index (κ2) is 8.97. The number of nitrogens with one attached hydrogen (secondary N) is 1. The molecule has 1 saturated carbocycles. The fourth-order valence-electron chi connectivity index (χ4n) is 3.11. The van der Waals surface area contributed by atoms with Crippen LogP contribution in [0.2, 0.25) is 0 Å². The zero-order chi connectivity index (χ0) is 18.3. The first-order valence-electron chi connectivity index (χ1n) is 8.69. The van der Waals surface area contributed by atoms with Crippen LogP contribution in [0.3, 0.4) is 0 Å². The van der Waals surface area contributed by atoms with Gasteiger partial charge in [0.25, 0.3) is 0 Å². The summed E-state index contributed by atoms with van der Waals surface area (Å²) in [5.41, 5.74) is -1.52. The van der Waals surface area contributed by atoms with E-state index in [0.717, 1.165) is 6.42 Å². The van der Waals surface area contributed by atoms with E-state index in [1.54, 1.807) is 13.0 Å². The van der Waals surface area contributed by atoms with Crippen LogP contribution in [0, 0.1) is 11.8 Å². The molecule has 0 spiro atoms. The van der Waals surface area contributed by atoms with Gasteiger partial charge < -0.3 is 15.5 Å². The molecule has 6 heteroatoms. The molecule has 0 bridgehead atoms. The number of hydrogen-bond donors (Lipinski definition) is 3. The van der Waals surface area contributed by atoms with Crippen molar-refractivity contribution in [2.24, 2.45) is 11.8 Å². The van der Waals surface area contributed by atoms with E-state index in [0.29, 0.717) is 12.8 Å². The highest BCUT2D eigenvalue weighted by Crippen LogP contribution is 2.38. The number of carbonyl (C=O) groups excluding carboxylic acids is 2. The maximum absolute atomic E-state index is 12.2. The molecule has 0 aliphatic heterocycles. The maximum atomic E-state index is 12.2. The number of hydrogen-bond acceptors (Lipinski definition) is 4. The molecule has 0 aromatic rings. The molecule has 1 aliphatic rings. The van der Waals surface area contributed by atoms with Crippen LogP contribution in [0.4, 0.5) is 0 Å². The normalized spacial score (nSPS) is 26.5. The van der Waals surface area contributed by atoms with Gasteiger partial charge >= 0.3 is 5.97 Å². The molecule has 3 N–H and O–H groups in total. The second-order valence-corrected chi connectivity index (χ2v) is 6.64. The minimum atomic E-state index is -1.52. The molecular weight excluding hydrogens is 310 g/mol. The molecule has 4 atom stereocenters. The summed E-state index contributed by atoms with van der Waals surface area (Å²) in [5, 5.41) is 22.5. The Labute approximate surface area is 143 Å². The third kappa shape index (κ3) is 4.90. The highest BCUT2D eigenvalue weighted by atomic mass is 16.4. The van der Waals surface area contributed by atoms with E-state index in [9.17, 15) is 24.6 Å². The predicted octanol–water partition coefficient (Wildman–Crippen LogP) is 2.06. The third-order valence-electron chi connectivity index (χ3n) is 4.94. The number of aliphatic carboxylic acids is 1. The second-order valence-electron chi connectivity index (χ2n) is 6.64. The number of rotatable bonds is 9. The molecular formula is C18H29NO5. The Kier molecular flexibility index (Phi) is 7.60. The van der Waals surface area contributed by atoms with Crippen LogP contribution < -0.4 is 5.32 Å². The van der Waals surface area contributed by atoms with Gasteiger partial charge in [0.2, 0.25) is 5.91 Å². The zero-order valence-corrected chi connectivity index (χ0v) is 14.7. The Balaban J connectivity index is 2.75. The highest BCUT2D eigenvalue weighted by Gasteiger charge is 2.48. The molecule has 0 unspecified atom stereocenters. The third-order valence-corrected chi connectivity index (χ3v) is 4.94. The number of Topliss-reactive ketones (excluding diaryl/α,β-unsaturated/α-hetero) is 1. The van der Waals surface area contributed by atoms with Crippen molar-refractivity contribution < 1.29 is 24.6 Å². The monoisotopic (exact) mass is 339 g/mol. The van der Waals surface area contributed by atoms with Crippen molar-refractivity contribution in [3.63, 3.8) is 0 Å². The van der Waals surface area contributed by atoms with Crippen LogP contribution >= 0.6 is 0 Å². The minimum Gasteiger partial charge on any atom is -0.480 e. The fourth-order valence-corrected chi connectivity index (χ4v) is 3.11. The molecule has 0 heterocycles. The lowest BCUT2D eigenvalue weighted by Gasteiger charge is -2.28. The van der Waals surface area contributed by atoms with E-state index in [1.807, 2.05) is 19.9 Å². The van der Waals surface area contributed by atoms with Crippen molar-refractivity contribution in [1.82, 2.24) is 5.32 Å². The summed E-state index contributed by atoms with van der Waals surface area (Å²) in [6.45, 7) is 5.59. The van der Waals surface area contributed by atoms with Gasteiger partial charge in [-0.3, -0.25) is 9.59 Å². The van der Waals surface area contributed by atoms with Crippen LogP contribution in [-0.2, 0) is 14.4 Å². The lowest BCUT2D eigenvalue weighted by atomic mass is 9.84. The molecule has 6 nitrogen and oxygen atoms in total. The summed E-state index contributed by atoms with van der Waals surface area (Å²) in [4.78, 5) is 35.6. The van der Waals surface area contributed by atoms with Gasteiger partial charge in [-0.1, -0.05) is 39.3 Å². The highest BCUT2D eigenvalue weighted by molar-refractivity contribution is 5.91. The Hall–Kier alpha value is -1.69. The fraction of sp³-hybridized carbons (Fsp3) is 0.722. The van der Waals surface area contributed by atoms with Crippen molar-refractivity contribution in [3.8, 4) is 0 Å². The van der Waals surface area contributed by atoms with Crippen molar-refractivity contribution in [2.45, 2.75) is 70.9 Å².